The zero-order valence-corrected chi connectivity index (χ0v) is 11.6. The van der Waals surface area contributed by atoms with Crippen LogP contribution in [0.3, 0.4) is 0 Å². The lowest BCUT2D eigenvalue weighted by Gasteiger charge is -2.09. The first-order chi connectivity index (χ1) is 8.49. The van der Waals surface area contributed by atoms with Crippen LogP contribution in [-0.2, 0) is 4.79 Å². The van der Waals surface area contributed by atoms with E-state index in [1.54, 1.807) is 18.2 Å². The second-order valence-electron chi connectivity index (χ2n) is 3.98. The molecule has 0 fully saturated rings. The molecule has 0 spiro atoms. The average Bonchev–Trinajstić information content (AvgIpc) is 2.30. The molecule has 1 aromatic carbocycles. The number of carbonyl (C=O) groups is 1. The number of hydrogen-bond acceptors (Lipinski definition) is 3. The van der Waals surface area contributed by atoms with Gasteiger partial charge in [0.05, 0.1) is 10.0 Å². The minimum atomic E-state index is -0.193. The van der Waals surface area contributed by atoms with E-state index in [2.05, 4.69) is 5.32 Å². The van der Waals surface area contributed by atoms with E-state index in [0.29, 0.717) is 22.3 Å². The van der Waals surface area contributed by atoms with E-state index >= 15 is 0 Å². The van der Waals surface area contributed by atoms with Crippen molar-refractivity contribution in [3.8, 4) is 5.75 Å². The number of carbonyl (C=O) groups excluding carboxylic acids is 1. The number of hydrogen-bond donors (Lipinski definition) is 2. The predicted molar refractivity (Wildman–Crippen MR) is 73.2 cm³/mol. The van der Waals surface area contributed by atoms with Crippen LogP contribution in [0.4, 0.5) is 0 Å². The summed E-state index contributed by atoms with van der Waals surface area (Å²) in [4.78, 5) is 11.4. The first-order valence-corrected chi connectivity index (χ1v) is 6.34. The highest BCUT2D eigenvalue weighted by Gasteiger charge is 2.04. The summed E-state index contributed by atoms with van der Waals surface area (Å²) >= 11 is 11.6. The summed E-state index contributed by atoms with van der Waals surface area (Å²) in [6.45, 7) is 2.37. The van der Waals surface area contributed by atoms with E-state index in [9.17, 15) is 4.79 Å². The Morgan fingerprint density at radius 2 is 2.17 bits per heavy atom. The number of benzene rings is 1. The summed E-state index contributed by atoms with van der Waals surface area (Å²) < 4.78 is 5.27. The number of nitrogens with one attached hydrogen (secondary N) is 1. The predicted octanol–water partition coefficient (Wildman–Crippen LogP) is 2.23. The third-order valence-electron chi connectivity index (χ3n) is 2.18. The number of amides is 1. The summed E-state index contributed by atoms with van der Waals surface area (Å²) in [5.41, 5.74) is 5.56. The Morgan fingerprint density at radius 3 is 2.78 bits per heavy atom. The van der Waals surface area contributed by atoms with Crippen LogP contribution in [0.25, 0.3) is 0 Å². The molecule has 0 aliphatic carbocycles. The maximum absolute atomic E-state index is 11.4. The van der Waals surface area contributed by atoms with Gasteiger partial charge in [-0.15, -0.1) is 0 Å². The van der Waals surface area contributed by atoms with Crippen molar-refractivity contribution in [1.29, 1.82) is 0 Å². The van der Waals surface area contributed by atoms with Crippen molar-refractivity contribution < 1.29 is 9.53 Å². The molecule has 1 aromatic rings. The van der Waals surface area contributed by atoms with Crippen LogP contribution < -0.4 is 15.8 Å². The highest BCUT2D eigenvalue weighted by Crippen LogP contribution is 2.26. The lowest BCUT2D eigenvalue weighted by molar-refractivity contribution is -0.123. The smallest absolute Gasteiger partial charge is 0.257 e. The van der Waals surface area contributed by atoms with Crippen LogP contribution in [0.1, 0.15) is 13.3 Å². The molecule has 3 N–H and O–H groups in total. The molecule has 0 saturated carbocycles. The Balaban J connectivity index is 2.31. The van der Waals surface area contributed by atoms with E-state index in [1.165, 1.54) is 0 Å². The summed E-state index contributed by atoms with van der Waals surface area (Å²) in [5.74, 6) is 0.313. The van der Waals surface area contributed by atoms with Gasteiger partial charge in [0.2, 0.25) is 0 Å². The molecule has 18 heavy (non-hydrogen) atoms. The quantitative estimate of drug-likeness (QED) is 0.844. The molecule has 0 saturated heterocycles. The second-order valence-corrected chi connectivity index (χ2v) is 4.79. The lowest BCUT2D eigenvalue weighted by atomic mass is 10.2. The summed E-state index contributed by atoms with van der Waals surface area (Å²) in [5, 5.41) is 3.55. The molecule has 6 heteroatoms. The molecule has 1 unspecified atom stereocenters. The Morgan fingerprint density at radius 1 is 1.44 bits per heavy atom. The molecule has 0 bridgehead atoms. The number of ether oxygens (including phenoxy) is 1. The Labute approximate surface area is 116 Å². The minimum absolute atomic E-state index is 0.0586. The Bertz CT molecular complexity index is 411. The zero-order valence-electron chi connectivity index (χ0n) is 10.1. The van der Waals surface area contributed by atoms with Crippen molar-refractivity contribution in [1.82, 2.24) is 5.32 Å². The minimum Gasteiger partial charge on any atom is -0.484 e. The first kappa shape index (κ1) is 15.1. The largest absolute Gasteiger partial charge is 0.484 e. The highest BCUT2D eigenvalue weighted by atomic mass is 35.5. The number of rotatable bonds is 6. The topological polar surface area (TPSA) is 64.3 Å². The van der Waals surface area contributed by atoms with Gasteiger partial charge in [-0.1, -0.05) is 23.2 Å². The first-order valence-electron chi connectivity index (χ1n) is 5.59. The standard InChI is InChI=1S/C12H16Cl2N2O2/c1-8(15)4-5-16-12(17)7-18-9-2-3-10(13)11(14)6-9/h2-3,6,8H,4-5,7,15H2,1H3,(H,16,17). The van der Waals surface area contributed by atoms with Crippen molar-refractivity contribution in [2.75, 3.05) is 13.2 Å². The Hall–Kier alpha value is -0.970. The third kappa shape index (κ3) is 5.58. The maximum atomic E-state index is 11.4. The molecule has 1 atom stereocenters. The molecule has 0 aliphatic rings. The SMILES string of the molecule is CC(N)CCNC(=O)COc1ccc(Cl)c(Cl)c1. The highest BCUT2D eigenvalue weighted by molar-refractivity contribution is 6.42. The van der Waals surface area contributed by atoms with Gasteiger partial charge in [-0.2, -0.15) is 0 Å². The zero-order chi connectivity index (χ0) is 13.5. The van der Waals surface area contributed by atoms with E-state index in [4.69, 9.17) is 33.7 Å². The fourth-order valence-electron chi connectivity index (χ4n) is 1.21. The molecule has 0 aromatic heterocycles. The number of nitrogens with two attached hydrogens (primary N) is 1. The van der Waals surface area contributed by atoms with Gasteiger partial charge in [-0.3, -0.25) is 4.79 Å². The van der Waals surface area contributed by atoms with Crippen molar-refractivity contribution in [2.24, 2.45) is 5.73 Å². The third-order valence-corrected chi connectivity index (χ3v) is 2.92. The fraction of sp³-hybridized carbons (Fsp3) is 0.417. The monoisotopic (exact) mass is 290 g/mol. The van der Waals surface area contributed by atoms with Gasteiger partial charge in [0, 0.05) is 18.7 Å². The lowest BCUT2D eigenvalue weighted by Crippen LogP contribution is -2.32. The van der Waals surface area contributed by atoms with Crippen LogP contribution in [0.15, 0.2) is 18.2 Å². The molecular weight excluding hydrogens is 275 g/mol. The van der Waals surface area contributed by atoms with Gasteiger partial charge in [0.15, 0.2) is 6.61 Å². The van der Waals surface area contributed by atoms with Crippen molar-refractivity contribution in [3.63, 3.8) is 0 Å². The Kier molecular flexibility index (Phi) is 6.25. The number of halogens is 2. The van der Waals surface area contributed by atoms with Crippen LogP contribution in [0.2, 0.25) is 10.0 Å². The van der Waals surface area contributed by atoms with Crippen LogP contribution in [0, 0.1) is 0 Å². The van der Waals surface area contributed by atoms with Crippen molar-refractivity contribution in [3.05, 3.63) is 28.2 Å². The van der Waals surface area contributed by atoms with Gasteiger partial charge in [-0.05, 0) is 25.5 Å². The molecule has 0 radical (unpaired) electrons. The maximum Gasteiger partial charge on any atom is 0.257 e. The molecule has 100 valence electrons. The van der Waals surface area contributed by atoms with E-state index in [0.717, 1.165) is 6.42 Å². The molecular formula is C12H16Cl2N2O2. The molecule has 0 aliphatic heterocycles. The average molecular weight is 291 g/mol. The summed E-state index contributed by atoms with van der Waals surface area (Å²) in [6.07, 6.45) is 0.735. The van der Waals surface area contributed by atoms with Crippen molar-refractivity contribution >= 4 is 29.1 Å². The molecule has 0 heterocycles. The normalized spacial score (nSPS) is 12.0. The molecule has 1 rings (SSSR count). The van der Waals surface area contributed by atoms with E-state index < -0.39 is 0 Å². The van der Waals surface area contributed by atoms with Gasteiger partial charge in [0.25, 0.3) is 5.91 Å². The summed E-state index contributed by atoms with van der Waals surface area (Å²) in [7, 11) is 0. The van der Waals surface area contributed by atoms with Gasteiger partial charge < -0.3 is 15.8 Å². The second kappa shape index (κ2) is 7.46. The van der Waals surface area contributed by atoms with Crippen LogP contribution in [0.5, 0.6) is 5.75 Å². The molecule has 1 amide bonds. The van der Waals surface area contributed by atoms with E-state index in [1.807, 2.05) is 6.92 Å². The van der Waals surface area contributed by atoms with Gasteiger partial charge >= 0.3 is 0 Å². The summed E-state index contributed by atoms with van der Waals surface area (Å²) in [6, 6.07) is 4.91. The van der Waals surface area contributed by atoms with Gasteiger partial charge in [-0.25, -0.2) is 0 Å². The fourth-order valence-corrected chi connectivity index (χ4v) is 1.49. The molecule has 4 nitrogen and oxygen atoms in total. The van der Waals surface area contributed by atoms with Crippen LogP contribution in [-0.4, -0.2) is 25.1 Å². The van der Waals surface area contributed by atoms with Crippen molar-refractivity contribution in [2.45, 2.75) is 19.4 Å². The van der Waals surface area contributed by atoms with E-state index in [-0.39, 0.29) is 18.6 Å². The van der Waals surface area contributed by atoms with Gasteiger partial charge in [0.1, 0.15) is 5.75 Å². The van der Waals surface area contributed by atoms with Crippen LogP contribution >= 0.6 is 23.2 Å².